The number of carbonyl (C=O) groups is 1. The molecule has 2 heterocycles. The van der Waals surface area contributed by atoms with Gasteiger partial charge in [0, 0.05) is 24.2 Å². The first-order chi connectivity index (χ1) is 14.1. The first-order valence-electron chi connectivity index (χ1n) is 9.60. The van der Waals surface area contributed by atoms with Crippen molar-refractivity contribution < 1.29 is 18.3 Å². The van der Waals surface area contributed by atoms with E-state index in [9.17, 15) is 13.6 Å². The second-order valence-corrected chi connectivity index (χ2v) is 7.01. The second-order valence-electron chi connectivity index (χ2n) is 7.01. The molecule has 0 radical (unpaired) electrons. The van der Waals surface area contributed by atoms with E-state index in [0.717, 1.165) is 24.2 Å². The highest BCUT2D eigenvalue weighted by atomic mass is 19.1. The first kappa shape index (κ1) is 19.1. The van der Waals surface area contributed by atoms with Crippen molar-refractivity contribution in [2.75, 3.05) is 13.2 Å². The van der Waals surface area contributed by atoms with E-state index < -0.39 is 5.82 Å². The average Bonchev–Trinajstić information content (AvgIpc) is 3.39. The van der Waals surface area contributed by atoms with Gasteiger partial charge >= 0.3 is 0 Å². The fourth-order valence-corrected chi connectivity index (χ4v) is 3.59. The summed E-state index contributed by atoms with van der Waals surface area (Å²) in [6.45, 7) is 0.949. The molecule has 150 valence electrons. The Morgan fingerprint density at radius 3 is 2.76 bits per heavy atom. The van der Waals surface area contributed by atoms with Gasteiger partial charge in [0.15, 0.2) is 11.6 Å². The standard InChI is InChI=1S/C22H21F2N3O2/c23-16-9-7-15(8-10-16)22(28)27-12-3-5-20(27)19-14-17(25-26-19)11-13-29-21-6-2-1-4-18(21)24/h1-2,4,6-10,14,20H,3,5,11-13H2,(H,25,26)/t20-/m1/s1. The number of hydrogen-bond donors (Lipinski definition) is 1. The highest BCUT2D eigenvalue weighted by molar-refractivity contribution is 5.94. The van der Waals surface area contributed by atoms with Crippen molar-refractivity contribution in [1.82, 2.24) is 15.1 Å². The third-order valence-electron chi connectivity index (χ3n) is 5.06. The Kier molecular flexibility index (Phi) is 5.55. The Hall–Kier alpha value is -3.22. The number of benzene rings is 2. The molecule has 1 amide bonds. The predicted octanol–water partition coefficient (Wildman–Crippen LogP) is 4.29. The molecule has 0 aliphatic carbocycles. The smallest absolute Gasteiger partial charge is 0.254 e. The molecule has 0 spiro atoms. The second kappa shape index (κ2) is 8.43. The molecule has 1 aliphatic heterocycles. The molecule has 5 nitrogen and oxygen atoms in total. The van der Waals surface area contributed by atoms with Crippen LogP contribution < -0.4 is 4.74 Å². The summed E-state index contributed by atoms with van der Waals surface area (Å²) in [4.78, 5) is 14.6. The predicted molar refractivity (Wildman–Crippen MR) is 104 cm³/mol. The number of hydrogen-bond acceptors (Lipinski definition) is 3. The Labute approximate surface area is 167 Å². The maximum atomic E-state index is 13.6. The minimum Gasteiger partial charge on any atom is -0.490 e. The molecular weight excluding hydrogens is 376 g/mol. The lowest BCUT2D eigenvalue weighted by Crippen LogP contribution is -2.30. The largest absolute Gasteiger partial charge is 0.490 e. The van der Waals surface area contributed by atoms with Crippen molar-refractivity contribution in [3.63, 3.8) is 0 Å². The molecule has 1 aromatic heterocycles. The molecule has 1 aliphatic rings. The van der Waals surface area contributed by atoms with Crippen molar-refractivity contribution in [2.45, 2.75) is 25.3 Å². The van der Waals surface area contributed by atoms with Crippen LogP contribution in [0.3, 0.4) is 0 Å². The molecule has 3 aromatic rings. The zero-order chi connectivity index (χ0) is 20.2. The quantitative estimate of drug-likeness (QED) is 0.675. The summed E-state index contributed by atoms with van der Waals surface area (Å²) in [5.41, 5.74) is 2.11. The van der Waals surface area contributed by atoms with Crippen LogP contribution in [0.5, 0.6) is 5.75 Å². The molecule has 0 bridgehead atoms. The molecule has 2 aromatic carbocycles. The number of nitrogens with one attached hydrogen (secondary N) is 1. The summed E-state index contributed by atoms with van der Waals surface area (Å²) >= 11 is 0. The lowest BCUT2D eigenvalue weighted by Gasteiger charge is -2.23. The lowest BCUT2D eigenvalue weighted by atomic mass is 10.1. The Morgan fingerprint density at radius 1 is 1.17 bits per heavy atom. The number of aromatic amines is 1. The SMILES string of the molecule is O=C(c1ccc(F)cc1)N1CCC[C@@H]1c1cc(CCOc2ccccc2F)[nH]n1. The summed E-state index contributed by atoms with van der Waals surface area (Å²) in [5, 5.41) is 7.35. The fraction of sp³-hybridized carbons (Fsp3) is 0.273. The molecule has 1 N–H and O–H groups in total. The highest BCUT2D eigenvalue weighted by Crippen LogP contribution is 2.32. The maximum Gasteiger partial charge on any atom is 0.254 e. The van der Waals surface area contributed by atoms with E-state index in [1.807, 2.05) is 6.07 Å². The van der Waals surface area contributed by atoms with Gasteiger partial charge in [0.25, 0.3) is 5.91 Å². The van der Waals surface area contributed by atoms with Gasteiger partial charge in [0.05, 0.1) is 18.3 Å². The average molecular weight is 397 g/mol. The number of ether oxygens (including phenoxy) is 1. The van der Waals surface area contributed by atoms with Gasteiger partial charge in [-0.1, -0.05) is 12.1 Å². The molecule has 4 rings (SSSR count). The van der Waals surface area contributed by atoms with Crippen LogP contribution in [0.15, 0.2) is 54.6 Å². The van der Waals surface area contributed by atoms with Gasteiger partial charge < -0.3 is 9.64 Å². The molecule has 29 heavy (non-hydrogen) atoms. The third kappa shape index (κ3) is 4.29. The van der Waals surface area contributed by atoms with Gasteiger partial charge in [-0.05, 0) is 55.3 Å². The van der Waals surface area contributed by atoms with Crippen molar-refractivity contribution in [1.29, 1.82) is 0 Å². The summed E-state index contributed by atoms with van der Waals surface area (Å²) in [6, 6.07) is 13.7. The zero-order valence-electron chi connectivity index (χ0n) is 15.8. The van der Waals surface area contributed by atoms with E-state index in [4.69, 9.17) is 4.74 Å². The Bertz CT molecular complexity index is 988. The van der Waals surface area contributed by atoms with Gasteiger partial charge in [-0.3, -0.25) is 9.89 Å². The van der Waals surface area contributed by atoms with E-state index in [2.05, 4.69) is 10.2 Å². The van der Waals surface area contributed by atoms with Crippen LogP contribution in [0.25, 0.3) is 0 Å². The first-order valence-corrected chi connectivity index (χ1v) is 9.60. The summed E-state index contributed by atoms with van der Waals surface area (Å²) in [5.74, 6) is -0.660. The van der Waals surface area contributed by atoms with Gasteiger partial charge in [-0.2, -0.15) is 5.10 Å². The summed E-state index contributed by atoms with van der Waals surface area (Å²) < 4.78 is 32.2. The zero-order valence-corrected chi connectivity index (χ0v) is 15.8. The highest BCUT2D eigenvalue weighted by Gasteiger charge is 2.32. The molecule has 7 heteroatoms. The van der Waals surface area contributed by atoms with Crippen molar-refractivity contribution in [3.8, 4) is 5.75 Å². The molecular formula is C22H21F2N3O2. The third-order valence-corrected chi connectivity index (χ3v) is 5.06. The number of H-pyrrole nitrogens is 1. The fourth-order valence-electron chi connectivity index (χ4n) is 3.59. The van der Waals surface area contributed by atoms with Gasteiger partial charge in [0.2, 0.25) is 0 Å². The van der Waals surface area contributed by atoms with Crippen LogP contribution in [0.1, 0.15) is 40.6 Å². The van der Waals surface area contributed by atoms with E-state index >= 15 is 0 Å². The number of amides is 1. The van der Waals surface area contributed by atoms with E-state index in [1.165, 1.54) is 30.3 Å². The molecule has 0 saturated carbocycles. The normalized spacial score (nSPS) is 16.2. The summed E-state index contributed by atoms with van der Waals surface area (Å²) in [7, 11) is 0. The lowest BCUT2D eigenvalue weighted by molar-refractivity contribution is 0.0733. The Balaban J connectivity index is 1.39. The summed E-state index contributed by atoms with van der Waals surface area (Å²) in [6.07, 6.45) is 2.25. The molecule has 1 atom stereocenters. The van der Waals surface area contributed by atoms with E-state index in [-0.39, 0.29) is 23.5 Å². The number of aromatic nitrogens is 2. The topological polar surface area (TPSA) is 58.2 Å². The van der Waals surface area contributed by atoms with Crippen LogP contribution in [0, 0.1) is 11.6 Å². The van der Waals surface area contributed by atoms with Gasteiger partial charge in [0.1, 0.15) is 5.82 Å². The minimum absolute atomic E-state index is 0.120. The van der Waals surface area contributed by atoms with Crippen molar-refractivity contribution in [3.05, 3.63) is 83.2 Å². The van der Waals surface area contributed by atoms with Crippen LogP contribution in [0.2, 0.25) is 0 Å². The minimum atomic E-state index is -0.390. The van der Waals surface area contributed by atoms with Gasteiger partial charge in [-0.15, -0.1) is 0 Å². The van der Waals surface area contributed by atoms with Crippen LogP contribution in [-0.2, 0) is 6.42 Å². The van der Waals surface area contributed by atoms with Gasteiger partial charge in [-0.25, -0.2) is 8.78 Å². The number of nitrogens with zero attached hydrogens (tertiary/aromatic N) is 2. The molecule has 1 saturated heterocycles. The van der Waals surface area contributed by atoms with Crippen LogP contribution in [-0.4, -0.2) is 34.2 Å². The number of likely N-dealkylation sites (tertiary alicyclic amines) is 1. The van der Waals surface area contributed by atoms with Crippen molar-refractivity contribution >= 4 is 5.91 Å². The van der Waals surface area contributed by atoms with Crippen molar-refractivity contribution in [2.24, 2.45) is 0 Å². The molecule has 0 unspecified atom stereocenters. The number of carbonyl (C=O) groups excluding carboxylic acids is 1. The van der Waals surface area contributed by atoms with Crippen LogP contribution >= 0.6 is 0 Å². The van der Waals surface area contributed by atoms with E-state index in [1.54, 1.807) is 23.1 Å². The maximum absolute atomic E-state index is 13.6. The number of rotatable bonds is 6. The van der Waals surface area contributed by atoms with Crippen LogP contribution in [0.4, 0.5) is 8.78 Å². The number of para-hydroxylation sites is 1. The monoisotopic (exact) mass is 397 g/mol. The Morgan fingerprint density at radius 2 is 1.97 bits per heavy atom. The molecule has 1 fully saturated rings. The number of halogens is 2. The van der Waals surface area contributed by atoms with E-state index in [0.29, 0.717) is 25.1 Å².